The van der Waals surface area contributed by atoms with E-state index in [0.717, 1.165) is 0 Å². The second kappa shape index (κ2) is 9.14. The molecule has 2 aliphatic carbocycles. The van der Waals surface area contributed by atoms with Gasteiger partial charge in [-0.1, -0.05) is 12.1 Å². The lowest BCUT2D eigenvalue weighted by molar-refractivity contribution is -0.247. The van der Waals surface area contributed by atoms with E-state index >= 15 is 0 Å². The number of hydrogen-bond donors (Lipinski definition) is 6. The van der Waals surface area contributed by atoms with Gasteiger partial charge in [-0.15, -0.1) is 0 Å². The van der Waals surface area contributed by atoms with Gasteiger partial charge in [-0.05, 0) is 19.9 Å². The molecular formula is C27H30N2O9. The van der Waals surface area contributed by atoms with Gasteiger partial charge in [-0.3, -0.25) is 15.0 Å². The third kappa shape index (κ3) is 3.81. The predicted octanol–water partition coefficient (Wildman–Crippen LogP) is 1.21. The van der Waals surface area contributed by atoms with Crippen LogP contribution in [-0.2, 0) is 20.7 Å². The topological polar surface area (TPSA) is 193 Å². The van der Waals surface area contributed by atoms with Crippen molar-refractivity contribution in [3.05, 3.63) is 51.6 Å². The van der Waals surface area contributed by atoms with Crippen LogP contribution in [0.2, 0.25) is 0 Å². The summed E-state index contributed by atoms with van der Waals surface area (Å²) in [5.41, 5.74) is 3.62. The highest BCUT2D eigenvalue weighted by atomic mass is 16.7. The highest BCUT2D eigenvalue weighted by Gasteiger charge is 2.49. The smallest absolute Gasteiger partial charge is 0.198 e. The number of nitrogens with one attached hydrogen (secondary N) is 1. The second-order valence-electron chi connectivity index (χ2n) is 10.2. The molecule has 0 aromatic heterocycles. The number of ether oxygens (including phenoxy) is 3. The van der Waals surface area contributed by atoms with Gasteiger partial charge < -0.3 is 40.4 Å². The molecule has 0 radical (unpaired) electrons. The van der Waals surface area contributed by atoms with Crippen molar-refractivity contribution in [1.82, 2.24) is 0 Å². The molecule has 11 heteroatoms. The number of phenols is 2. The molecule has 7 N–H and O–H groups in total. The summed E-state index contributed by atoms with van der Waals surface area (Å²) in [4.78, 5) is 26.0. The first-order chi connectivity index (χ1) is 17.9. The lowest BCUT2D eigenvalue weighted by atomic mass is 9.72. The fourth-order valence-corrected chi connectivity index (χ4v) is 5.70. The maximum absolute atomic E-state index is 13.5. The van der Waals surface area contributed by atoms with Crippen molar-refractivity contribution in [3.8, 4) is 17.2 Å². The zero-order chi connectivity index (χ0) is 27.7. The summed E-state index contributed by atoms with van der Waals surface area (Å²) in [7, 11) is 1.40. The van der Waals surface area contributed by atoms with Crippen molar-refractivity contribution in [2.45, 2.75) is 69.4 Å². The van der Waals surface area contributed by atoms with Crippen LogP contribution in [0.1, 0.15) is 71.0 Å². The van der Waals surface area contributed by atoms with Crippen LogP contribution in [0.4, 0.5) is 0 Å². The van der Waals surface area contributed by atoms with Gasteiger partial charge in [0.25, 0.3) is 0 Å². The van der Waals surface area contributed by atoms with Crippen molar-refractivity contribution in [2.75, 3.05) is 7.11 Å². The van der Waals surface area contributed by atoms with Crippen LogP contribution in [0.25, 0.3) is 0 Å². The lowest BCUT2D eigenvalue weighted by Crippen LogP contribution is -2.52. The third-order valence-corrected chi connectivity index (χ3v) is 7.84. The summed E-state index contributed by atoms with van der Waals surface area (Å²) >= 11 is 0. The molecule has 1 aliphatic heterocycles. The van der Waals surface area contributed by atoms with Crippen LogP contribution in [0, 0.1) is 5.41 Å². The molecule has 0 amide bonds. The minimum absolute atomic E-state index is 0.0316. The highest BCUT2D eigenvalue weighted by molar-refractivity contribution is 6.32. The minimum Gasteiger partial charge on any atom is -0.507 e. The summed E-state index contributed by atoms with van der Waals surface area (Å²) in [5, 5.41) is 53.2. The number of phenolic OH excluding ortho intramolecular Hbond substituents is 2. The molecule has 2 aromatic rings. The number of fused-ring (bicyclic) bond motifs is 3. The molecule has 3 aliphatic rings. The van der Waals surface area contributed by atoms with Crippen LogP contribution >= 0.6 is 0 Å². The lowest BCUT2D eigenvalue weighted by Gasteiger charge is -2.42. The molecule has 38 heavy (non-hydrogen) atoms. The van der Waals surface area contributed by atoms with Crippen LogP contribution in [-0.4, -0.2) is 75.0 Å². The number of aliphatic hydroxyl groups excluding tert-OH is 1. The first-order valence-electron chi connectivity index (χ1n) is 12.3. The van der Waals surface area contributed by atoms with Crippen molar-refractivity contribution in [2.24, 2.45) is 5.73 Å². The SMILES string of the molecule is COc1cccc2c1C(=N)c1c(O)c3c(c(O)c1C2=O)C[C@@](O)(C(C)=O)C[C@@H]3OC1CC(N)C(O)C(C)O1. The molecular weight excluding hydrogens is 496 g/mol. The Bertz CT molecular complexity index is 1360. The largest absolute Gasteiger partial charge is 0.507 e. The Kier molecular flexibility index (Phi) is 6.32. The molecule has 6 atom stereocenters. The molecule has 5 rings (SSSR count). The molecule has 4 unspecified atom stereocenters. The number of Topliss-reactive ketones (excluding diaryl/α,β-unsaturated/α-hetero) is 1. The molecule has 1 heterocycles. The molecule has 1 saturated heterocycles. The maximum Gasteiger partial charge on any atom is 0.198 e. The van der Waals surface area contributed by atoms with Gasteiger partial charge >= 0.3 is 0 Å². The van der Waals surface area contributed by atoms with E-state index in [4.69, 9.17) is 25.4 Å². The van der Waals surface area contributed by atoms with Gasteiger partial charge in [0.2, 0.25) is 0 Å². The van der Waals surface area contributed by atoms with E-state index in [1.807, 2.05) is 0 Å². The van der Waals surface area contributed by atoms with Gasteiger partial charge in [-0.2, -0.15) is 0 Å². The Morgan fingerprint density at radius 2 is 1.92 bits per heavy atom. The quantitative estimate of drug-likeness (QED) is 0.269. The zero-order valence-corrected chi connectivity index (χ0v) is 21.1. The van der Waals surface area contributed by atoms with Crippen LogP contribution < -0.4 is 10.5 Å². The first-order valence-corrected chi connectivity index (χ1v) is 12.3. The predicted molar refractivity (Wildman–Crippen MR) is 133 cm³/mol. The average Bonchev–Trinajstić information content (AvgIpc) is 2.87. The van der Waals surface area contributed by atoms with E-state index in [-0.39, 0.29) is 64.1 Å². The number of hydrogen-bond acceptors (Lipinski definition) is 11. The van der Waals surface area contributed by atoms with Gasteiger partial charge in [0.05, 0.1) is 47.8 Å². The van der Waals surface area contributed by atoms with Gasteiger partial charge in [0.1, 0.15) is 22.8 Å². The summed E-state index contributed by atoms with van der Waals surface area (Å²) < 4.78 is 17.2. The average molecular weight is 527 g/mol. The Balaban J connectivity index is 1.68. The number of nitrogens with two attached hydrogens (primary N) is 1. The minimum atomic E-state index is -1.97. The Morgan fingerprint density at radius 3 is 2.55 bits per heavy atom. The van der Waals surface area contributed by atoms with Gasteiger partial charge in [0.15, 0.2) is 17.9 Å². The first kappa shape index (κ1) is 26.3. The van der Waals surface area contributed by atoms with Crippen LogP contribution in [0.5, 0.6) is 17.2 Å². The highest BCUT2D eigenvalue weighted by Crippen LogP contribution is 2.52. The number of benzene rings is 2. The van der Waals surface area contributed by atoms with E-state index in [9.17, 15) is 30.0 Å². The Morgan fingerprint density at radius 1 is 1.21 bits per heavy atom. The number of aliphatic hydroxyl groups is 2. The summed E-state index contributed by atoms with van der Waals surface area (Å²) in [6, 6.07) is 3.98. The van der Waals surface area contributed by atoms with Crippen molar-refractivity contribution in [3.63, 3.8) is 0 Å². The van der Waals surface area contributed by atoms with Gasteiger partial charge in [0, 0.05) is 42.0 Å². The van der Waals surface area contributed by atoms with E-state index in [1.165, 1.54) is 20.1 Å². The van der Waals surface area contributed by atoms with E-state index in [2.05, 4.69) is 0 Å². The fraction of sp³-hybridized carbons (Fsp3) is 0.444. The number of aromatic hydroxyl groups is 2. The zero-order valence-electron chi connectivity index (χ0n) is 21.1. The van der Waals surface area contributed by atoms with Crippen LogP contribution in [0.15, 0.2) is 18.2 Å². The molecule has 0 saturated carbocycles. The van der Waals surface area contributed by atoms with Crippen LogP contribution in [0.3, 0.4) is 0 Å². The molecule has 0 spiro atoms. The standard InChI is InChI=1S/C27H30N2O9/c1-10-23(31)14(28)7-17(37-10)38-16-9-27(35,11(2)30)8-13-19(16)26(34)20-21(25(13)33)24(32)12-5-4-6-15(36-3)18(12)22(20)29/h4-6,10,14,16-17,23,29,31,33-35H,7-9,28H2,1-3H3/t10?,14?,16-,17?,23?,27-/m0/s1. The van der Waals surface area contributed by atoms with Crippen molar-refractivity contribution < 1.29 is 44.2 Å². The van der Waals surface area contributed by atoms with Crippen molar-refractivity contribution >= 4 is 17.3 Å². The molecule has 1 fully saturated rings. The summed E-state index contributed by atoms with van der Waals surface area (Å²) in [6.45, 7) is 2.82. The van der Waals surface area contributed by atoms with E-state index in [0.29, 0.717) is 0 Å². The van der Waals surface area contributed by atoms with Gasteiger partial charge in [-0.25, -0.2) is 0 Å². The number of carbonyl (C=O) groups excluding carboxylic acids is 2. The van der Waals surface area contributed by atoms with E-state index < -0.39 is 59.3 Å². The monoisotopic (exact) mass is 526 g/mol. The Hall–Kier alpha value is -3.35. The van der Waals surface area contributed by atoms with Crippen molar-refractivity contribution in [1.29, 1.82) is 5.41 Å². The molecule has 11 nitrogen and oxygen atoms in total. The third-order valence-electron chi connectivity index (χ3n) is 7.84. The van der Waals surface area contributed by atoms with E-state index in [1.54, 1.807) is 19.1 Å². The Labute approximate surface area is 218 Å². The molecule has 202 valence electrons. The number of rotatable bonds is 4. The molecule has 0 bridgehead atoms. The summed E-state index contributed by atoms with van der Waals surface area (Å²) in [6.07, 6.45) is -4.30. The number of carbonyl (C=O) groups is 2. The fourth-order valence-electron chi connectivity index (χ4n) is 5.70. The normalized spacial score (nSPS) is 30.3. The summed E-state index contributed by atoms with van der Waals surface area (Å²) in [5.74, 6) is -2.01. The second-order valence-corrected chi connectivity index (χ2v) is 10.2. The maximum atomic E-state index is 13.5. The number of methoxy groups -OCH3 is 1. The molecule has 2 aromatic carbocycles. The number of ketones is 2.